The second-order valence-corrected chi connectivity index (χ2v) is 9.98. The van der Waals surface area contributed by atoms with Crippen molar-refractivity contribution in [2.75, 3.05) is 16.8 Å². The molecule has 1 aliphatic carbocycles. The average Bonchev–Trinajstić information content (AvgIpc) is 2.93. The normalized spacial score (nSPS) is 13.5. The van der Waals surface area contributed by atoms with Crippen LogP contribution in [0.25, 0.3) is 0 Å². The van der Waals surface area contributed by atoms with Crippen molar-refractivity contribution in [2.24, 2.45) is 0 Å². The quantitative estimate of drug-likeness (QED) is 0.280. The lowest BCUT2D eigenvalue weighted by atomic mass is 9.84. The third kappa shape index (κ3) is 7.59. The van der Waals surface area contributed by atoms with Crippen LogP contribution in [0.1, 0.15) is 65.9 Å². The van der Waals surface area contributed by atoms with Crippen molar-refractivity contribution in [3.05, 3.63) is 94.5 Å². The van der Waals surface area contributed by atoms with Gasteiger partial charge in [-0.2, -0.15) is 0 Å². The van der Waals surface area contributed by atoms with E-state index in [1.165, 1.54) is 37.7 Å². The number of benzene rings is 3. The number of halogens is 1. The largest absolute Gasteiger partial charge is 0.481 e. The van der Waals surface area contributed by atoms with E-state index in [0.717, 1.165) is 5.56 Å². The molecule has 0 spiro atoms. The monoisotopic (exact) mass is 533 g/mol. The number of urea groups is 1. The first kappa shape index (κ1) is 27.2. The van der Waals surface area contributed by atoms with Crippen molar-refractivity contribution < 1.29 is 19.5 Å². The molecule has 0 heterocycles. The second kappa shape index (κ2) is 13.1. The molecule has 0 unspecified atom stereocenters. The highest BCUT2D eigenvalue weighted by Gasteiger charge is 2.19. The fourth-order valence-electron chi connectivity index (χ4n) is 4.70. The summed E-state index contributed by atoms with van der Waals surface area (Å²) in [6, 6.07) is 21.7. The topological polar surface area (TPSA) is 98.7 Å². The number of nitrogens with zero attached hydrogens (tertiary/aromatic N) is 1. The molecule has 4 rings (SSSR count). The lowest BCUT2D eigenvalue weighted by Gasteiger charge is -2.24. The van der Waals surface area contributed by atoms with Gasteiger partial charge in [0.2, 0.25) is 0 Å². The Labute approximate surface area is 227 Å². The van der Waals surface area contributed by atoms with Crippen LogP contribution in [0.4, 0.5) is 16.2 Å². The van der Waals surface area contributed by atoms with Crippen LogP contribution in [0.15, 0.2) is 72.8 Å². The summed E-state index contributed by atoms with van der Waals surface area (Å²) in [6.45, 7) is 0.341. The number of aliphatic carboxylic acids is 1. The number of nitrogens with one attached hydrogen (secondary N) is 2. The van der Waals surface area contributed by atoms with Crippen LogP contribution in [0.3, 0.4) is 0 Å². The van der Waals surface area contributed by atoms with E-state index in [0.29, 0.717) is 34.4 Å². The first-order chi connectivity index (χ1) is 18.4. The number of amides is 3. The summed E-state index contributed by atoms with van der Waals surface area (Å²) in [6.07, 6.45) is 6.13. The van der Waals surface area contributed by atoms with Crippen molar-refractivity contribution in [3.8, 4) is 0 Å². The highest BCUT2D eigenvalue weighted by atomic mass is 35.5. The van der Waals surface area contributed by atoms with Gasteiger partial charge in [0.05, 0.1) is 13.0 Å². The van der Waals surface area contributed by atoms with Crippen molar-refractivity contribution >= 4 is 40.9 Å². The summed E-state index contributed by atoms with van der Waals surface area (Å²) in [5, 5.41) is 15.0. The van der Waals surface area contributed by atoms with Crippen LogP contribution >= 0.6 is 11.6 Å². The Morgan fingerprint density at radius 3 is 2.16 bits per heavy atom. The maximum absolute atomic E-state index is 13.4. The number of carbonyl (C=O) groups is 3. The molecule has 1 aliphatic rings. The zero-order valence-electron chi connectivity index (χ0n) is 21.2. The molecule has 3 aromatic rings. The van der Waals surface area contributed by atoms with Gasteiger partial charge in [0.15, 0.2) is 0 Å². The Morgan fingerprint density at radius 1 is 0.868 bits per heavy atom. The van der Waals surface area contributed by atoms with Crippen molar-refractivity contribution in [2.45, 2.75) is 51.0 Å². The molecule has 0 radical (unpaired) electrons. The fraction of sp³-hybridized carbons (Fsp3) is 0.300. The lowest BCUT2D eigenvalue weighted by molar-refractivity contribution is -0.136. The first-order valence-corrected chi connectivity index (χ1v) is 13.3. The van der Waals surface area contributed by atoms with Gasteiger partial charge in [0, 0.05) is 28.5 Å². The number of carboxylic acids is 1. The van der Waals surface area contributed by atoms with E-state index >= 15 is 0 Å². The number of rotatable bonds is 9. The van der Waals surface area contributed by atoms with Gasteiger partial charge in [-0.15, -0.1) is 0 Å². The predicted molar refractivity (Wildman–Crippen MR) is 150 cm³/mol. The molecular weight excluding hydrogens is 502 g/mol. The fourth-order valence-corrected chi connectivity index (χ4v) is 4.82. The van der Waals surface area contributed by atoms with E-state index in [2.05, 4.69) is 22.8 Å². The van der Waals surface area contributed by atoms with E-state index in [1.807, 2.05) is 24.3 Å². The Kier molecular flexibility index (Phi) is 9.38. The molecular formula is C30H32ClN3O4. The molecule has 3 aromatic carbocycles. The summed E-state index contributed by atoms with van der Waals surface area (Å²) < 4.78 is 0. The SMILES string of the molecule is O=C(O)CCNC(=O)c1ccc(N(Cc2ccc(Cl)cc2)C(=O)Nc2ccc(C3CCCCC3)cc2)cc1. The molecule has 0 bridgehead atoms. The lowest BCUT2D eigenvalue weighted by Crippen LogP contribution is -2.34. The number of hydrogen-bond acceptors (Lipinski definition) is 3. The molecule has 0 aromatic heterocycles. The third-order valence-corrected chi connectivity index (χ3v) is 7.06. The van der Waals surface area contributed by atoms with Gasteiger partial charge >= 0.3 is 12.0 Å². The van der Waals surface area contributed by atoms with E-state index in [-0.39, 0.29) is 24.9 Å². The van der Waals surface area contributed by atoms with E-state index in [1.54, 1.807) is 41.3 Å². The van der Waals surface area contributed by atoms with Gasteiger partial charge in [-0.25, -0.2) is 4.79 Å². The van der Waals surface area contributed by atoms with Crippen LogP contribution in [-0.4, -0.2) is 29.6 Å². The number of hydrogen-bond donors (Lipinski definition) is 3. The van der Waals surface area contributed by atoms with Crippen molar-refractivity contribution in [1.29, 1.82) is 0 Å². The molecule has 38 heavy (non-hydrogen) atoms. The minimum absolute atomic E-state index is 0.0422. The standard InChI is InChI=1S/C30H32ClN3O4/c31-25-12-6-21(7-13-25)20-34(27-16-10-24(11-17-27)29(37)32-19-18-28(35)36)30(38)33-26-14-8-23(9-15-26)22-4-2-1-3-5-22/h6-17,22H,1-5,18-20H2,(H,32,37)(H,33,38)(H,35,36). The van der Waals surface area contributed by atoms with Gasteiger partial charge in [0.1, 0.15) is 0 Å². The van der Waals surface area contributed by atoms with Gasteiger partial charge in [-0.1, -0.05) is 55.1 Å². The number of carbonyl (C=O) groups excluding carboxylic acids is 2. The molecule has 0 aliphatic heterocycles. The van der Waals surface area contributed by atoms with E-state index < -0.39 is 5.97 Å². The Bertz CT molecular complexity index is 1240. The van der Waals surface area contributed by atoms with Gasteiger partial charge < -0.3 is 15.7 Å². The highest BCUT2D eigenvalue weighted by Crippen LogP contribution is 2.33. The zero-order valence-corrected chi connectivity index (χ0v) is 21.9. The maximum Gasteiger partial charge on any atom is 0.326 e. The molecule has 8 heteroatoms. The Balaban J connectivity index is 1.49. The maximum atomic E-state index is 13.4. The molecule has 1 saturated carbocycles. The smallest absolute Gasteiger partial charge is 0.326 e. The van der Waals surface area contributed by atoms with E-state index in [4.69, 9.17) is 16.7 Å². The van der Waals surface area contributed by atoms with Crippen LogP contribution in [0, 0.1) is 0 Å². The Hall–Kier alpha value is -3.84. The summed E-state index contributed by atoms with van der Waals surface area (Å²) >= 11 is 6.04. The van der Waals surface area contributed by atoms with Gasteiger partial charge in [0.25, 0.3) is 5.91 Å². The van der Waals surface area contributed by atoms with Crippen LogP contribution in [-0.2, 0) is 11.3 Å². The molecule has 0 atom stereocenters. The van der Waals surface area contributed by atoms with Crippen LogP contribution in [0.5, 0.6) is 0 Å². The van der Waals surface area contributed by atoms with E-state index in [9.17, 15) is 14.4 Å². The first-order valence-electron chi connectivity index (χ1n) is 12.9. The summed E-state index contributed by atoms with van der Waals surface area (Å²) in [7, 11) is 0. The molecule has 3 amide bonds. The van der Waals surface area contributed by atoms with Gasteiger partial charge in [-0.3, -0.25) is 14.5 Å². The minimum atomic E-state index is -0.979. The second-order valence-electron chi connectivity index (χ2n) is 9.55. The minimum Gasteiger partial charge on any atom is -0.481 e. The zero-order chi connectivity index (χ0) is 26.9. The summed E-state index contributed by atoms with van der Waals surface area (Å²) in [5.74, 6) is -0.757. The Morgan fingerprint density at radius 2 is 1.53 bits per heavy atom. The van der Waals surface area contributed by atoms with Gasteiger partial charge in [-0.05, 0) is 78.4 Å². The summed E-state index contributed by atoms with van der Waals surface area (Å²) in [4.78, 5) is 38.1. The van der Waals surface area contributed by atoms with Crippen molar-refractivity contribution in [1.82, 2.24) is 5.32 Å². The number of carboxylic acid groups (broad SMARTS) is 1. The molecule has 3 N–H and O–H groups in total. The molecule has 0 saturated heterocycles. The predicted octanol–water partition coefficient (Wildman–Crippen LogP) is 6.83. The molecule has 1 fully saturated rings. The third-order valence-electron chi connectivity index (χ3n) is 6.80. The molecule has 198 valence electrons. The van der Waals surface area contributed by atoms with Crippen molar-refractivity contribution in [3.63, 3.8) is 0 Å². The number of anilines is 2. The van der Waals surface area contributed by atoms with Crippen LogP contribution < -0.4 is 15.5 Å². The molecule has 7 nitrogen and oxygen atoms in total. The van der Waals surface area contributed by atoms with Crippen LogP contribution in [0.2, 0.25) is 5.02 Å². The highest BCUT2D eigenvalue weighted by molar-refractivity contribution is 6.30. The summed E-state index contributed by atoms with van der Waals surface area (Å²) in [5.41, 5.74) is 3.92. The average molecular weight is 534 g/mol.